The molecule has 0 aromatic carbocycles. The van der Waals surface area contributed by atoms with E-state index in [0.717, 1.165) is 41.4 Å². The number of ether oxygens (including phenoxy) is 1. The average Bonchev–Trinajstić information content (AvgIpc) is 3.18. The zero-order valence-electron chi connectivity index (χ0n) is 15.2. The number of piperidine rings is 1. The molecule has 3 heterocycles. The molecule has 7 nitrogen and oxygen atoms in total. The smallest absolute Gasteiger partial charge is 0.265 e. The molecule has 1 aliphatic rings. The topological polar surface area (TPSA) is 81.4 Å². The number of carbonyl (C=O) groups is 1. The molecule has 1 unspecified atom stereocenters. The van der Waals surface area contributed by atoms with E-state index in [9.17, 15) is 4.79 Å². The van der Waals surface area contributed by atoms with Crippen molar-refractivity contribution in [1.29, 1.82) is 0 Å². The quantitative estimate of drug-likeness (QED) is 0.811. The minimum Gasteiger partial charge on any atom is -0.385 e. The lowest BCUT2D eigenvalue weighted by atomic mass is 9.76. The Morgan fingerprint density at radius 3 is 2.76 bits per heavy atom. The molecule has 0 saturated carbocycles. The van der Waals surface area contributed by atoms with Gasteiger partial charge in [0.2, 0.25) is 5.89 Å². The maximum atomic E-state index is 13.0. The highest BCUT2D eigenvalue weighted by Gasteiger charge is 2.42. The summed E-state index contributed by atoms with van der Waals surface area (Å²) >= 11 is 1.46. The molecule has 0 N–H and O–H groups in total. The second-order valence-electron chi connectivity index (χ2n) is 6.64. The van der Waals surface area contributed by atoms with E-state index in [4.69, 9.17) is 9.26 Å². The van der Waals surface area contributed by atoms with Crippen molar-refractivity contribution in [3.05, 3.63) is 27.3 Å². The highest BCUT2D eigenvalue weighted by atomic mass is 32.1. The Morgan fingerprint density at radius 1 is 1.36 bits per heavy atom. The summed E-state index contributed by atoms with van der Waals surface area (Å²) < 4.78 is 10.5. The third-order valence-corrected chi connectivity index (χ3v) is 5.81. The molecule has 2 aromatic rings. The molecule has 8 heteroatoms. The fourth-order valence-electron chi connectivity index (χ4n) is 3.49. The maximum absolute atomic E-state index is 13.0. The largest absolute Gasteiger partial charge is 0.385 e. The lowest BCUT2D eigenvalue weighted by molar-refractivity contribution is 0.0570. The van der Waals surface area contributed by atoms with E-state index in [1.807, 2.05) is 18.7 Å². The molecule has 0 aliphatic carbocycles. The van der Waals surface area contributed by atoms with E-state index in [0.29, 0.717) is 24.9 Å². The Morgan fingerprint density at radius 2 is 2.16 bits per heavy atom. The highest BCUT2D eigenvalue weighted by Crippen LogP contribution is 2.36. The summed E-state index contributed by atoms with van der Waals surface area (Å²) in [5.41, 5.74) is 0.478. The number of thiazole rings is 1. The third-order valence-electron chi connectivity index (χ3n) is 4.75. The van der Waals surface area contributed by atoms with Gasteiger partial charge in [0.1, 0.15) is 4.88 Å². The lowest BCUT2D eigenvalue weighted by Gasteiger charge is -2.40. The average molecular weight is 364 g/mol. The number of aromatic nitrogens is 3. The van der Waals surface area contributed by atoms with Crippen LogP contribution in [0.5, 0.6) is 0 Å². The van der Waals surface area contributed by atoms with Gasteiger partial charge in [-0.1, -0.05) is 5.16 Å². The van der Waals surface area contributed by atoms with Crippen LogP contribution in [0.25, 0.3) is 0 Å². The van der Waals surface area contributed by atoms with E-state index >= 15 is 0 Å². The van der Waals surface area contributed by atoms with E-state index in [1.54, 1.807) is 14.0 Å². The second-order valence-corrected chi connectivity index (χ2v) is 7.84. The zero-order chi connectivity index (χ0) is 18.0. The molecule has 1 amide bonds. The summed E-state index contributed by atoms with van der Waals surface area (Å²) in [7, 11) is 1.68. The first kappa shape index (κ1) is 18.0. The van der Waals surface area contributed by atoms with Gasteiger partial charge >= 0.3 is 0 Å². The molecule has 25 heavy (non-hydrogen) atoms. The Kier molecular flexibility index (Phi) is 5.19. The number of rotatable bonds is 5. The van der Waals surface area contributed by atoms with Crippen LogP contribution < -0.4 is 0 Å². The third kappa shape index (κ3) is 3.59. The van der Waals surface area contributed by atoms with Gasteiger partial charge in [0.05, 0.1) is 16.1 Å². The van der Waals surface area contributed by atoms with Crippen molar-refractivity contribution in [2.75, 3.05) is 26.8 Å². The second kappa shape index (κ2) is 7.21. The van der Waals surface area contributed by atoms with Crippen molar-refractivity contribution >= 4 is 17.2 Å². The van der Waals surface area contributed by atoms with Gasteiger partial charge in [-0.25, -0.2) is 4.98 Å². The van der Waals surface area contributed by atoms with Gasteiger partial charge in [0.15, 0.2) is 5.82 Å². The Hall–Kier alpha value is -1.80. The fourth-order valence-corrected chi connectivity index (χ4v) is 4.38. The number of amides is 1. The van der Waals surface area contributed by atoms with Gasteiger partial charge in [-0.2, -0.15) is 4.98 Å². The molecular weight excluding hydrogens is 340 g/mol. The van der Waals surface area contributed by atoms with Crippen molar-refractivity contribution in [3.63, 3.8) is 0 Å². The molecule has 1 atom stereocenters. The van der Waals surface area contributed by atoms with Crippen molar-refractivity contribution in [3.8, 4) is 0 Å². The van der Waals surface area contributed by atoms with Crippen LogP contribution in [0, 0.1) is 20.8 Å². The molecule has 0 radical (unpaired) electrons. The number of hydrogen-bond acceptors (Lipinski definition) is 7. The summed E-state index contributed by atoms with van der Waals surface area (Å²) in [4.78, 5) is 24.5. The van der Waals surface area contributed by atoms with Crippen molar-refractivity contribution < 1.29 is 14.1 Å². The number of methoxy groups -OCH3 is 1. The van der Waals surface area contributed by atoms with E-state index in [1.165, 1.54) is 11.3 Å². The molecule has 1 saturated heterocycles. The van der Waals surface area contributed by atoms with Crippen LogP contribution in [0.15, 0.2) is 4.52 Å². The number of carbonyl (C=O) groups excluding carboxylic acids is 1. The van der Waals surface area contributed by atoms with E-state index < -0.39 is 0 Å². The monoisotopic (exact) mass is 364 g/mol. The molecule has 1 aliphatic heterocycles. The molecule has 0 bridgehead atoms. The van der Waals surface area contributed by atoms with Crippen LogP contribution in [0.3, 0.4) is 0 Å². The van der Waals surface area contributed by atoms with Gasteiger partial charge < -0.3 is 14.2 Å². The first-order valence-corrected chi connectivity index (χ1v) is 9.30. The van der Waals surface area contributed by atoms with Gasteiger partial charge in [0, 0.05) is 33.7 Å². The molecule has 0 spiro atoms. The molecule has 1 fully saturated rings. The Balaban J connectivity index is 1.88. The fraction of sp³-hybridized carbons (Fsp3) is 0.647. The number of likely N-dealkylation sites (tertiary alicyclic amines) is 1. The van der Waals surface area contributed by atoms with Crippen LogP contribution in [0.1, 0.15) is 51.4 Å². The van der Waals surface area contributed by atoms with Crippen LogP contribution in [0.4, 0.5) is 0 Å². The summed E-state index contributed by atoms with van der Waals surface area (Å²) in [6, 6.07) is 0. The van der Waals surface area contributed by atoms with Crippen molar-refractivity contribution in [1.82, 2.24) is 20.0 Å². The van der Waals surface area contributed by atoms with Gasteiger partial charge in [-0.15, -0.1) is 11.3 Å². The Labute approximate surface area is 151 Å². The Bertz CT molecular complexity index is 757. The summed E-state index contributed by atoms with van der Waals surface area (Å²) in [6.45, 7) is 7.51. The van der Waals surface area contributed by atoms with Crippen LogP contribution in [-0.2, 0) is 10.2 Å². The first-order chi connectivity index (χ1) is 11.9. The minimum absolute atomic E-state index is 0.0461. The number of nitrogens with zero attached hydrogens (tertiary/aromatic N) is 4. The highest BCUT2D eigenvalue weighted by molar-refractivity contribution is 7.13. The van der Waals surface area contributed by atoms with Crippen molar-refractivity contribution in [2.24, 2.45) is 0 Å². The molecule has 2 aromatic heterocycles. The van der Waals surface area contributed by atoms with Crippen LogP contribution in [0.2, 0.25) is 0 Å². The van der Waals surface area contributed by atoms with Gasteiger partial charge in [-0.3, -0.25) is 4.79 Å². The van der Waals surface area contributed by atoms with Crippen LogP contribution >= 0.6 is 11.3 Å². The lowest BCUT2D eigenvalue weighted by Crippen LogP contribution is -2.49. The first-order valence-electron chi connectivity index (χ1n) is 8.48. The summed E-state index contributed by atoms with van der Waals surface area (Å²) in [5, 5.41) is 5.08. The molecule has 136 valence electrons. The number of hydrogen-bond donors (Lipinski definition) is 0. The number of aryl methyl sites for hydroxylation is 3. The molecule has 3 rings (SSSR count). The molecular formula is C17H24N4O3S. The van der Waals surface area contributed by atoms with Crippen LogP contribution in [-0.4, -0.2) is 52.7 Å². The van der Waals surface area contributed by atoms with Gasteiger partial charge in [-0.05, 0) is 33.1 Å². The summed E-state index contributed by atoms with van der Waals surface area (Å²) in [5.74, 6) is 1.27. The standard InChI is InChI=1S/C17H24N4O3S/c1-11-14(25-13(3)18-11)15(22)21-8-5-6-17(10-21,7-9-23-4)16-19-12(2)24-20-16/h5-10H2,1-4H3. The van der Waals surface area contributed by atoms with Crippen molar-refractivity contribution in [2.45, 2.75) is 45.4 Å². The summed E-state index contributed by atoms with van der Waals surface area (Å²) in [6.07, 6.45) is 2.58. The van der Waals surface area contributed by atoms with Gasteiger partial charge in [0.25, 0.3) is 5.91 Å². The maximum Gasteiger partial charge on any atom is 0.265 e. The van der Waals surface area contributed by atoms with E-state index in [2.05, 4.69) is 15.1 Å². The SMILES string of the molecule is COCCC1(c2noc(C)n2)CCCN(C(=O)c2sc(C)nc2C)C1. The van der Waals surface area contributed by atoms with E-state index in [-0.39, 0.29) is 11.3 Å². The predicted molar refractivity (Wildman–Crippen MR) is 93.9 cm³/mol. The zero-order valence-corrected chi connectivity index (χ0v) is 16.0. The minimum atomic E-state index is -0.324. The normalized spacial score (nSPS) is 20.9. The predicted octanol–water partition coefficient (Wildman–Crippen LogP) is 2.66.